The minimum atomic E-state index is -0.290. The highest BCUT2D eigenvalue weighted by molar-refractivity contribution is 5.92. The van der Waals surface area contributed by atoms with Gasteiger partial charge in [0.25, 0.3) is 5.91 Å². The number of hydrogen-bond acceptors (Lipinski definition) is 4. The molecule has 17 heavy (non-hydrogen) atoms. The molecular formula is C12H18N2O3. The molecule has 0 radical (unpaired) electrons. The van der Waals surface area contributed by atoms with E-state index in [0.29, 0.717) is 30.5 Å². The van der Waals surface area contributed by atoms with E-state index >= 15 is 0 Å². The molecule has 5 heteroatoms. The molecule has 1 atom stereocenters. The molecule has 5 nitrogen and oxygen atoms in total. The molecule has 94 valence electrons. The van der Waals surface area contributed by atoms with Crippen LogP contribution in [0, 0.1) is 12.8 Å². The van der Waals surface area contributed by atoms with Gasteiger partial charge < -0.3 is 14.5 Å². The van der Waals surface area contributed by atoms with Crippen molar-refractivity contribution in [2.24, 2.45) is 5.92 Å². The van der Waals surface area contributed by atoms with Crippen molar-refractivity contribution in [3.05, 3.63) is 17.5 Å². The highest BCUT2D eigenvalue weighted by Gasteiger charge is 2.27. The second-order valence-electron chi connectivity index (χ2n) is 4.69. The van der Waals surface area contributed by atoms with Gasteiger partial charge in [0.05, 0.1) is 6.10 Å². The Morgan fingerprint density at radius 3 is 2.71 bits per heavy atom. The van der Waals surface area contributed by atoms with E-state index in [-0.39, 0.29) is 12.0 Å². The molecule has 2 rings (SSSR count). The Labute approximate surface area is 100 Å². The zero-order chi connectivity index (χ0) is 12.4. The van der Waals surface area contributed by atoms with Crippen molar-refractivity contribution in [3.8, 4) is 0 Å². The topological polar surface area (TPSA) is 66.6 Å². The summed E-state index contributed by atoms with van der Waals surface area (Å²) in [6.07, 6.45) is 1.40. The van der Waals surface area contributed by atoms with Crippen LogP contribution in [0.1, 0.15) is 36.0 Å². The second-order valence-corrected chi connectivity index (χ2v) is 4.69. The monoisotopic (exact) mass is 238 g/mol. The average molecular weight is 238 g/mol. The number of piperidine rings is 1. The highest BCUT2D eigenvalue weighted by atomic mass is 16.5. The third kappa shape index (κ3) is 2.66. The molecule has 0 spiro atoms. The van der Waals surface area contributed by atoms with Crippen LogP contribution in [0.3, 0.4) is 0 Å². The van der Waals surface area contributed by atoms with Gasteiger partial charge in [0.1, 0.15) is 5.76 Å². The number of amides is 1. The first-order valence-electron chi connectivity index (χ1n) is 5.98. The Balaban J connectivity index is 1.95. The van der Waals surface area contributed by atoms with Crippen LogP contribution in [0.25, 0.3) is 0 Å². The van der Waals surface area contributed by atoms with Crippen molar-refractivity contribution in [1.29, 1.82) is 0 Å². The second kappa shape index (κ2) is 4.87. The van der Waals surface area contributed by atoms with E-state index in [1.54, 1.807) is 17.9 Å². The van der Waals surface area contributed by atoms with Gasteiger partial charge in [-0.05, 0) is 32.6 Å². The van der Waals surface area contributed by atoms with Crippen LogP contribution in [0.15, 0.2) is 10.6 Å². The number of aromatic nitrogens is 1. The molecule has 1 aliphatic heterocycles. The summed E-state index contributed by atoms with van der Waals surface area (Å²) in [6, 6.07) is 1.66. The van der Waals surface area contributed by atoms with Crippen molar-refractivity contribution in [2.45, 2.75) is 32.8 Å². The van der Waals surface area contributed by atoms with Gasteiger partial charge in [-0.2, -0.15) is 0 Å². The van der Waals surface area contributed by atoms with Crippen LogP contribution in [0.2, 0.25) is 0 Å². The largest absolute Gasteiger partial charge is 0.393 e. The fourth-order valence-electron chi connectivity index (χ4n) is 2.21. The van der Waals surface area contributed by atoms with Crippen molar-refractivity contribution in [2.75, 3.05) is 13.1 Å². The predicted octanol–water partition coefficient (Wildman–Crippen LogP) is 1.22. The van der Waals surface area contributed by atoms with Crippen LogP contribution < -0.4 is 0 Å². The molecule has 0 aliphatic carbocycles. The quantitative estimate of drug-likeness (QED) is 0.841. The summed E-state index contributed by atoms with van der Waals surface area (Å²) >= 11 is 0. The molecule has 1 unspecified atom stereocenters. The van der Waals surface area contributed by atoms with Gasteiger partial charge in [-0.3, -0.25) is 4.79 Å². The van der Waals surface area contributed by atoms with Crippen LogP contribution in [0.4, 0.5) is 0 Å². The summed E-state index contributed by atoms with van der Waals surface area (Å²) in [5.41, 5.74) is 0.373. The summed E-state index contributed by atoms with van der Waals surface area (Å²) in [5.74, 6) is 0.871. The molecule has 1 aromatic rings. The molecule has 0 bridgehead atoms. The number of nitrogens with zero attached hydrogens (tertiary/aromatic N) is 2. The molecule has 1 saturated heterocycles. The van der Waals surface area contributed by atoms with E-state index in [2.05, 4.69) is 5.16 Å². The number of carbonyl (C=O) groups is 1. The van der Waals surface area contributed by atoms with Crippen molar-refractivity contribution in [1.82, 2.24) is 10.1 Å². The Morgan fingerprint density at radius 1 is 1.59 bits per heavy atom. The lowest BCUT2D eigenvalue weighted by Gasteiger charge is -2.32. The fourth-order valence-corrected chi connectivity index (χ4v) is 2.21. The Kier molecular flexibility index (Phi) is 3.47. The van der Waals surface area contributed by atoms with Crippen LogP contribution >= 0.6 is 0 Å². The number of likely N-dealkylation sites (tertiary alicyclic amines) is 1. The number of rotatable bonds is 2. The maximum absolute atomic E-state index is 12.0. The molecule has 1 amide bonds. The van der Waals surface area contributed by atoms with E-state index in [1.165, 1.54) is 0 Å². The summed E-state index contributed by atoms with van der Waals surface area (Å²) in [6.45, 7) is 4.94. The van der Waals surface area contributed by atoms with Gasteiger partial charge in [0.2, 0.25) is 0 Å². The third-order valence-electron chi connectivity index (χ3n) is 3.36. The van der Waals surface area contributed by atoms with Gasteiger partial charge in [-0.1, -0.05) is 5.16 Å². The predicted molar refractivity (Wildman–Crippen MR) is 61.5 cm³/mol. The maximum atomic E-state index is 12.0. The van der Waals surface area contributed by atoms with E-state index in [0.717, 1.165) is 12.8 Å². The number of carbonyl (C=O) groups excluding carboxylic acids is 1. The Bertz CT molecular complexity index is 392. The van der Waals surface area contributed by atoms with E-state index < -0.39 is 0 Å². The van der Waals surface area contributed by atoms with Gasteiger partial charge >= 0.3 is 0 Å². The Hall–Kier alpha value is -1.36. The zero-order valence-corrected chi connectivity index (χ0v) is 10.2. The average Bonchev–Trinajstić information content (AvgIpc) is 2.75. The first kappa shape index (κ1) is 12.1. The van der Waals surface area contributed by atoms with Crippen LogP contribution in [-0.2, 0) is 0 Å². The lowest BCUT2D eigenvalue weighted by atomic mass is 9.92. The first-order valence-corrected chi connectivity index (χ1v) is 5.98. The van der Waals surface area contributed by atoms with Crippen molar-refractivity contribution < 1.29 is 14.4 Å². The zero-order valence-electron chi connectivity index (χ0n) is 10.2. The third-order valence-corrected chi connectivity index (χ3v) is 3.36. The van der Waals surface area contributed by atoms with Crippen LogP contribution in [0.5, 0.6) is 0 Å². The smallest absolute Gasteiger partial charge is 0.276 e. The van der Waals surface area contributed by atoms with E-state index in [9.17, 15) is 9.90 Å². The molecule has 2 heterocycles. The van der Waals surface area contributed by atoms with Gasteiger partial charge in [-0.15, -0.1) is 0 Å². The lowest BCUT2D eigenvalue weighted by molar-refractivity contribution is 0.0514. The van der Waals surface area contributed by atoms with Crippen LogP contribution in [-0.4, -0.2) is 40.3 Å². The van der Waals surface area contributed by atoms with Gasteiger partial charge in [0.15, 0.2) is 5.69 Å². The number of aliphatic hydroxyl groups excluding tert-OH is 1. The molecule has 0 saturated carbocycles. The number of aliphatic hydroxyl groups is 1. The Morgan fingerprint density at radius 2 is 2.24 bits per heavy atom. The lowest BCUT2D eigenvalue weighted by Crippen LogP contribution is -2.40. The summed E-state index contributed by atoms with van der Waals surface area (Å²) in [5, 5.41) is 13.2. The molecule has 1 aliphatic rings. The number of aryl methyl sites for hydroxylation is 1. The van der Waals surface area contributed by atoms with E-state index in [1.807, 2.05) is 6.92 Å². The van der Waals surface area contributed by atoms with Crippen molar-refractivity contribution >= 4 is 5.91 Å². The minimum Gasteiger partial charge on any atom is -0.393 e. The summed E-state index contributed by atoms with van der Waals surface area (Å²) in [4.78, 5) is 13.8. The summed E-state index contributed by atoms with van der Waals surface area (Å²) < 4.78 is 4.90. The van der Waals surface area contributed by atoms with E-state index in [4.69, 9.17) is 4.52 Å². The molecular weight excluding hydrogens is 220 g/mol. The number of hydrogen-bond donors (Lipinski definition) is 1. The molecule has 1 aromatic heterocycles. The SMILES string of the molecule is Cc1cc(C(=O)N2CCC(C(C)O)CC2)no1. The minimum absolute atomic E-state index is 0.0779. The molecule has 0 aromatic carbocycles. The van der Waals surface area contributed by atoms with Gasteiger partial charge in [0, 0.05) is 19.2 Å². The summed E-state index contributed by atoms with van der Waals surface area (Å²) in [7, 11) is 0. The highest BCUT2D eigenvalue weighted by Crippen LogP contribution is 2.21. The normalized spacial score (nSPS) is 19.4. The first-order chi connectivity index (χ1) is 8.08. The molecule has 1 N–H and O–H groups in total. The van der Waals surface area contributed by atoms with Gasteiger partial charge in [-0.25, -0.2) is 0 Å². The van der Waals surface area contributed by atoms with Crippen molar-refractivity contribution in [3.63, 3.8) is 0 Å². The standard InChI is InChI=1S/C12H18N2O3/c1-8-7-11(13-17-8)12(16)14-5-3-10(4-6-14)9(2)15/h7,9-10,15H,3-6H2,1-2H3. The maximum Gasteiger partial charge on any atom is 0.276 e. The molecule has 1 fully saturated rings. The fraction of sp³-hybridized carbons (Fsp3) is 0.667.